The molecule has 1 N–H and O–H groups in total. The molecule has 0 bridgehead atoms. The van der Waals surface area contributed by atoms with E-state index in [-0.39, 0.29) is 20.7 Å². The summed E-state index contributed by atoms with van der Waals surface area (Å²) in [5, 5.41) is 10.7. The van der Waals surface area contributed by atoms with E-state index in [0.29, 0.717) is 11.6 Å². The number of hydrogen-bond acceptors (Lipinski definition) is 4. The van der Waals surface area contributed by atoms with Crippen molar-refractivity contribution in [2.45, 2.75) is 34.7 Å². The van der Waals surface area contributed by atoms with Gasteiger partial charge in [0.05, 0.1) is 5.52 Å². The Morgan fingerprint density at radius 2 is 1.77 bits per heavy atom. The van der Waals surface area contributed by atoms with Gasteiger partial charge in [-0.1, -0.05) is 35.5 Å². The quantitative estimate of drug-likeness (QED) is 0.396. The number of Topliss-reactive ketones (excluding diaryl/α,β-unsaturated/α-hetero) is 1. The number of aliphatic hydroxyl groups is 1. The van der Waals surface area contributed by atoms with E-state index in [1.54, 1.807) is 6.07 Å². The molecule has 1 atom stereocenters. The van der Waals surface area contributed by atoms with Crippen LogP contribution in [0.2, 0.25) is 0 Å². The third-order valence-electron chi connectivity index (χ3n) is 4.89. The van der Waals surface area contributed by atoms with Crippen molar-refractivity contribution in [2.24, 2.45) is 0 Å². The number of aromatic nitrogens is 1. The standard InChI is InChI=1S/C20H11F6NO2S/c1-9-4-5-14-12(7-9)18(29,20(24,25)26)13-8-11(17(28)19(21,22)23)10-3-2-6-27-15(10)16(13)30-14/h2-8,29H,1H3. The predicted molar refractivity (Wildman–Crippen MR) is 96.5 cm³/mol. The number of ketones is 1. The summed E-state index contributed by atoms with van der Waals surface area (Å²) in [4.78, 5) is 15.9. The number of halogens is 6. The molecule has 1 aromatic heterocycles. The Hall–Kier alpha value is -2.59. The Balaban J connectivity index is 2.15. The Labute approximate surface area is 169 Å². The van der Waals surface area contributed by atoms with Crippen LogP contribution in [-0.2, 0) is 5.60 Å². The molecule has 3 aromatic rings. The number of carbonyl (C=O) groups is 1. The van der Waals surface area contributed by atoms with Crippen LogP contribution in [0.1, 0.15) is 27.0 Å². The van der Waals surface area contributed by atoms with E-state index in [4.69, 9.17) is 0 Å². The van der Waals surface area contributed by atoms with Gasteiger partial charge in [0.15, 0.2) is 0 Å². The van der Waals surface area contributed by atoms with E-state index in [9.17, 15) is 36.2 Å². The summed E-state index contributed by atoms with van der Waals surface area (Å²) in [6.07, 6.45) is -9.39. The highest BCUT2D eigenvalue weighted by molar-refractivity contribution is 7.99. The molecule has 3 nitrogen and oxygen atoms in total. The van der Waals surface area contributed by atoms with Crippen molar-refractivity contribution in [3.8, 4) is 0 Å². The molecule has 1 aliphatic heterocycles. The molecular formula is C20H11F6NO2S. The molecule has 0 fully saturated rings. The summed E-state index contributed by atoms with van der Waals surface area (Å²) in [6, 6.07) is 7.04. The van der Waals surface area contributed by atoms with Crippen molar-refractivity contribution >= 4 is 28.4 Å². The first-order valence-electron chi connectivity index (χ1n) is 8.47. The van der Waals surface area contributed by atoms with Gasteiger partial charge in [-0.2, -0.15) is 26.3 Å². The lowest BCUT2D eigenvalue weighted by atomic mass is 9.82. The summed E-state index contributed by atoms with van der Waals surface area (Å²) in [6.45, 7) is 1.53. The van der Waals surface area contributed by atoms with Crippen LogP contribution in [0, 0.1) is 6.92 Å². The van der Waals surface area contributed by atoms with Crippen LogP contribution in [-0.4, -0.2) is 28.2 Å². The first-order chi connectivity index (χ1) is 13.9. The van der Waals surface area contributed by atoms with Gasteiger partial charge in [0.2, 0.25) is 5.60 Å². The van der Waals surface area contributed by atoms with E-state index in [2.05, 4.69) is 4.98 Å². The molecule has 1 aliphatic rings. The fraction of sp³-hybridized carbons (Fsp3) is 0.200. The van der Waals surface area contributed by atoms with E-state index in [0.717, 1.165) is 17.8 Å². The highest BCUT2D eigenvalue weighted by atomic mass is 32.2. The average molecular weight is 443 g/mol. The monoisotopic (exact) mass is 443 g/mol. The molecular weight excluding hydrogens is 432 g/mol. The number of rotatable bonds is 1. The first-order valence-corrected chi connectivity index (χ1v) is 9.29. The van der Waals surface area contributed by atoms with Gasteiger partial charge in [-0.05, 0) is 25.1 Å². The summed E-state index contributed by atoms with van der Waals surface area (Å²) >= 11 is 0.852. The predicted octanol–water partition coefficient (Wildman–Crippen LogP) is 5.55. The van der Waals surface area contributed by atoms with Gasteiger partial charge < -0.3 is 5.11 Å². The number of benzene rings is 2. The Kier molecular flexibility index (Phi) is 4.45. The van der Waals surface area contributed by atoms with Crippen molar-refractivity contribution in [2.75, 3.05) is 0 Å². The number of hydrogen-bond donors (Lipinski definition) is 1. The second kappa shape index (κ2) is 6.45. The fourth-order valence-electron chi connectivity index (χ4n) is 3.51. The Morgan fingerprint density at radius 1 is 1.07 bits per heavy atom. The Morgan fingerprint density at radius 3 is 2.40 bits per heavy atom. The zero-order chi connectivity index (χ0) is 22.1. The van der Waals surface area contributed by atoms with Gasteiger partial charge in [0, 0.05) is 38.1 Å². The molecule has 0 saturated carbocycles. The van der Waals surface area contributed by atoms with Crippen molar-refractivity contribution in [3.05, 3.63) is 64.8 Å². The van der Waals surface area contributed by atoms with Crippen LogP contribution in [0.15, 0.2) is 52.4 Å². The molecule has 0 saturated heterocycles. The number of pyridine rings is 1. The lowest BCUT2D eigenvalue weighted by Gasteiger charge is -2.38. The number of aryl methyl sites for hydroxylation is 1. The molecule has 30 heavy (non-hydrogen) atoms. The molecule has 1 unspecified atom stereocenters. The number of carbonyl (C=O) groups excluding carboxylic acids is 1. The smallest absolute Gasteiger partial charge is 0.372 e. The molecule has 4 rings (SSSR count). The van der Waals surface area contributed by atoms with Gasteiger partial charge >= 0.3 is 12.4 Å². The first kappa shape index (κ1) is 20.7. The Bertz CT molecular complexity index is 1200. The molecule has 2 heterocycles. The maximum absolute atomic E-state index is 14.2. The van der Waals surface area contributed by atoms with Gasteiger partial charge in [0.1, 0.15) is 0 Å². The minimum Gasteiger partial charge on any atom is -0.372 e. The van der Waals surface area contributed by atoms with Gasteiger partial charge in [0.25, 0.3) is 5.78 Å². The third kappa shape index (κ3) is 2.89. The fourth-order valence-corrected chi connectivity index (χ4v) is 4.76. The third-order valence-corrected chi connectivity index (χ3v) is 6.08. The van der Waals surface area contributed by atoms with Crippen LogP contribution in [0.4, 0.5) is 26.3 Å². The minimum absolute atomic E-state index is 0.0924. The maximum atomic E-state index is 14.2. The second-order valence-electron chi connectivity index (χ2n) is 6.84. The van der Waals surface area contributed by atoms with Crippen molar-refractivity contribution in [1.82, 2.24) is 4.98 Å². The van der Waals surface area contributed by atoms with E-state index in [1.165, 1.54) is 31.3 Å². The van der Waals surface area contributed by atoms with Crippen LogP contribution in [0.3, 0.4) is 0 Å². The van der Waals surface area contributed by atoms with Crippen molar-refractivity contribution in [3.63, 3.8) is 0 Å². The van der Waals surface area contributed by atoms with E-state index in [1.807, 2.05) is 0 Å². The summed E-state index contributed by atoms with van der Waals surface area (Å²) in [5.41, 5.74) is -5.76. The van der Waals surface area contributed by atoms with Crippen molar-refractivity contribution < 1.29 is 36.2 Å². The highest BCUT2D eigenvalue weighted by Crippen LogP contribution is 2.56. The largest absolute Gasteiger partial charge is 0.454 e. The minimum atomic E-state index is -5.32. The highest BCUT2D eigenvalue weighted by Gasteiger charge is 2.60. The molecule has 0 spiro atoms. The van der Waals surface area contributed by atoms with Crippen LogP contribution in [0.5, 0.6) is 0 Å². The van der Waals surface area contributed by atoms with Crippen LogP contribution < -0.4 is 0 Å². The molecule has 10 heteroatoms. The number of fused-ring (bicyclic) bond motifs is 4. The van der Waals surface area contributed by atoms with E-state index >= 15 is 0 Å². The SMILES string of the molecule is Cc1ccc2c(c1)C(O)(C(F)(F)F)c1cc(C(=O)C(F)(F)F)c3cccnc3c1S2. The van der Waals surface area contributed by atoms with Gasteiger partial charge in [-0.25, -0.2) is 0 Å². The number of alkyl halides is 6. The van der Waals surface area contributed by atoms with Crippen LogP contribution in [0.25, 0.3) is 10.9 Å². The zero-order valence-electron chi connectivity index (χ0n) is 15.0. The average Bonchev–Trinajstić information content (AvgIpc) is 2.66. The van der Waals surface area contributed by atoms with Crippen molar-refractivity contribution in [1.29, 1.82) is 0 Å². The molecule has 2 aromatic carbocycles. The second-order valence-corrected chi connectivity index (χ2v) is 7.89. The zero-order valence-corrected chi connectivity index (χ0v) is 15.8. The van der Waals surface area contributed by atoms with Crippen LogP contribution >= 0.6 is 11.8 Å². The molecule has 156 valence electrons. The maximum Gasteiger partial charge on any atom is 0.454 e. The lowest BCUT2D eigenvalue weighted by molar-refractivity contribution is -0.250. The summed E-state index contributed by atoms with van der Waals surface area (Å²) < 4.78 is 82.0. The van der Waals surface area contributed by atoms with E-state index < -0.39 is 40.4 Å². The van der Waals surface area contributed by atoms with Gasteiger partial charge in [-0.15, -0.1) is 0 Å². The lowest BCUT2D eigenvalue weighted by Crippen LogP contribution is -2.45. The normalized spacial score (nSPS) is 18.8. The molecule has 0 aliphatic carbocycles. The van der Waals surface area contributed by atoms with Gasteiger partial charge in [-0.3, -0.25) is 9.78 Å². The molecule has 0 radical (unpaired) electrons. The summed E-state index contributed by atoms with van der Waals surface area (Å²) in [7, 11) is 0. The molecule has 0 amide bonds. The topological polar surface area (TPSA) is 50.2 Å². The summed E-state index contributed by atoms with van der Waals surface area (Å²) in [5.74, 6) is -2.31. The number of nitrogens with zero attached hydrogens (tertiary/aromatic N) is 1.